The van der Waals surface area contributed by atoms with Crippen LogP contribution in [0.2, 0.25) is 0 Å². The molecule has 0 saturated heterocycles. The topological polar surface area (TPSA) is 33.4 Å². The summed E-state index contributed by atoms with van der Waals surface area (Å²) in [6.07, 6.45) is 0. The number of rotatable bonds is 2. The summed E-state index contributed by atoms with van der Waals surface area (Å²) in [5.74, 6) is 0. The van der Waals surface area contributed by atoms with Crippen LogP contribution in [0.15, 0.2) is 83.3 Å². The van der Waals surface area contributed by atoms with Crippen molar-refractivity contribution in [1.29, 1.82) is 0 Å². The SMILES string of the molecule is CC1(C)c2cc([B]O)ccc2-c2ccc(-c3cccc4oc5ccccc5c34)cc21. The summed E-state index contributed by atoms with van der Waals surface area (Å²) in [5, 5.41) is 11.8. The van der Waals surface area contributed by atoms with Crippen LogP contribution >= 0.6 is 0 Å². The first kappa shape index (κ1) is 17.6. The lowest BCUT2D eigenvalue weighted by molar-refractivity contribution is 0.615. The van der Waals surface area contributed by atoms with Crippen LogP contribution < -0.4 is 5.46 Å². The summed E-state index contributed by atoms with van der Waals surface area (Å²) in [4.78, 5) is 0. The van der Waals surface area contributed by atoms with Crippen LogP contribution in [-0.2, 0) is 5.41 Å². The molecule has 5 aromatic rings. The number of para-hydroxylation sites is 1. The maximum absolute atomic E-state index is 9.48. The third kappa shape index (κ3) is 2.30. The Hall–Kier alpha value is -3.30. The van der Waals surface area contributed by atoms with Crippen LogP contribution in [0.3, 0.4) is 0 Å². The van der Waals surface area contributed by atoms with Gasteiger partial charge < -0.3 is 9.44 Å². The van der Waals surface area contributed by atoms with Crippen LogP contribution in [0.4, 0.5) is 0 Å². The third-order valence-corrected chi connectivity index (χ3v) is 6.56. The minimum atomic E-state index is -0.133. The van der Waals surface area contributed by atoms with Crippen LogP contribution in [-0.4, -0.2) is 12.5 Å². The van der Waals surface area contributed by atoms with E-state index >= 15 is 0 Å². The van der Waals surface area contributed by atoms with E-state index in [4.69, 9.17) is 4.42 Å². The molecule has 0 aliphatic heterocycles. The zero-order chi connectivity index (χ0) is 20.5. The number of fused-ring (bicyclic) bond motifs is 6. The van der Waals surface area contributed by atoms with Gasteiger partial charge in [-0.05, 0) is 51.6 Å². The molecule has 0 amide bonds. The van der Waals surface area contributed by atoms with E-state index in [9.17, 15) is 5.02 Å². The van der Waals surface area contributed by atoms with E-state index < -0.39 is 0 Å². The largest absolute Gasteiger partial charge is 0.456 e. The molecule has 0 unspecified atom stereocenters. The molecule has 0 spiro atoms. The molecule has 1 aliphatic rings. The van der Waals surface area contributed by atoms with Crippen molar-refractivity contribution in [2.75, 3.05) is 0 Å². The number of hydrogen-bond acceptors (Lipinski definition) is 2. The van der Waals surface area contributed by atoms with Gasteiger partial charge in [0.2, 0.25) is 0 Å². The fourth-order valence-corrected chi connectivity index (χ4v) is 5.02. The smallest absolute Gasteiger partial charge is 0.326 e. The van der Waals surface area contributed by atoms with Crippen LogP contribution in [0.1, 0.15) is 25.0 Å². The Bertz CT molecular complexity index is 1460. The monoisotopic (exact) mass is 387 g/mol. The van der Waals surface area contributed by atoms with Crippen molar-refractivity contribution in [1.82, 2.24) is 0 Å². The standard InChI is InChI=1S/C27H20BO2/c1-27(2)22-14-16(10-12-19(22)20-13-11-17(28-29)15-23(20)27)18-7-5-9-25-26(18)21-6-3-4-8-24(21)30-25/h3-15,29H,1-2H3. The van der Waals surface area contributed by atoms with Crippen molar-refractivity contribution >= 4 is 34.9 Å². The normalized spacial score (nSPS) is 14.1. The molecule has 4 aromatic carbocycles. The van der Waals surface area contributed by atoms with Gasteiger partial charge in [-0.2, -0.15) is 0 Å². The molecule has 1 heterocycles. The molecule has 1 N–H and O–H groups in total. The second-order valence-electron chi connectivity index (χ2n) is 8.60. The molecule has 0 fully saturated rings. The van der Waals surface area contributed by atoms with Crippen molar-refractivity contribution in [3.8, 4) is 22.3 Å². The average molecular weight is 387 g/mol. The summed E-state index contributed by atoms with van der Waals surface area (Å²) >= 11 is 0. The van der Waals surface area contributed by atoms with Gasteiger partial charge in [0.1, 0.15) is 11.2 Å². The Kier molecular flexibility index (Phi) is 3.57. The van der Waals surface area contributed by atoms with Crippen molar-refractivity contribution in [3.63, 3.8) is 0 Å². The Morgan fingerprint density at radius 1 is 0.733 bits per heavy atom. The molecule has 0 saturated carbocycles. The molecular formula is C27H20BO2. The number of hydrogen-bond donors (Lipinski definition) is 1. The maximum atomic E-state index is 9.48. The summed E-state index contributed by atoms with van der Waals surface area (Å²) in [6.45, 7) is 4.52. The highest BCUT2D eigenvalue weighted by Crippen LogP contribution is 2.49. The Labute approximate surface area is 176 Å². The van der Waals surface area contributed by atoms with Gasteiger partial charge >= 0.3 is 7.48 Å². The van der Waals surface area contributed by atoms with Crippen molar-refractivity contribution in [3.05, 3.63) is 90.0 Å². The van der Waals surface area contributed by atoms with Gasteiger partial charge in [-0.15, -0.1) is 0 Å². The zero-order valence-corrected chi connectivity index (χ0v) is 16.9. The maximum Gasteiger partial charge on any atom is 0.326 e. The summed E-state index contributed by atoms with van der Waals surface area (Å²) in [7, 11) is 1.18. The van der Waals surface area contributed by atoms with Crippen LogP contribution in [0.25, 0.3) is 44.2 Å². The summed E-state index contributed by atoms with van der Waals surface area (Å²) < 4.78 is 6.10. The third-order valence-electron chi connectivity index (χ3n) is 6.56. The molecule has 0 atom stereocenters. The van der Waals surface area contributed by atoms with Crippen molar-refractivity contribution < 1.29 is 9.44 Å². The van der Waals surface area contributed by atoms with E-state index in [1.807, 2.05) is 24.3 Å². The van der Waals surface area contributed by atoms with Gasteiger partial charge in [0.25, 0.3) is 0 Å². The van der Waals surface area contributed by atoms with Crippen LogP contribution in [0, 0.1) is 0 Å². The molecule has 2 nitrogen and oxygen atoms in total. The lowest BCUT2D eigenvalue weighted by Crippen LogP contribution is -2.20. The number of furan rings is 1. The molecule has 1 aliphatic carbocycles. The van der Waals surface area contributed by atoms with E-state index in [1.165, 1.54) is 46.2 Å². The minimum absolute atomic E-state index is 0.133. The van der Waals surface area contributed by atoms with E-state index in [0.29, 0.717) is 0 Å². The van der Waals surface area contributed by atoms with Crippen molar-refractivity contribution in [2.45, 2.75) is 19.3 Å². The predicted molar refractivity (Wildman–Crippen MR) is 124 cm³/mol. The summed E-state index contributed by atoms with van der Waals surface area (Å²) in [6, 6.07) is 27.5. The average Bonchev–Trinajstić information content (AvgIpc) is 3.26. The molecule has 6 rings (SSSR count). The van der Waals surface area contributed by atoms with Gasteiger partial charge in [0.05, 0.1) is 0 Å². The van der Waals surface area contributed by atoms with E-state index in [0.717, 1.165) is 22.0 Å². The minimum Gasteiger partial charge on any atom is -0.456 e. The lowest BCUT2D eigenvalue weighted by atomic mass is 9.78. The lowest BCUT2D eigenvalue weighted by Gasteiger charge is -2.22. The molecule has 1 aromatic heterocycles. The molecule has 1 radical (unpaired) electrons. The molecule has 143 valence electrons. The van der Waals surface area contributed by atoms with Gasteiger partial charge in [0, 0.05) is 16.2 Å². The second-order valence-corrected chi connectivity index (χ2v) is 8.60. The molecule has 30 heavy (non-hydrogen) atoms. The highest BCUT2D eigenvalue weighted by molar-refractivity contribution is 6.45. The van der Waals surface area contributed by atoms with Gasteiger partial charge in [-0.25, -0.2) is 0 Å². The van der Waals surface area contributed by atoms with E-state index in [1.54, 1.807) is 0 Å². The second kappa shape index (κ2) is 6.10. The van der Waals surface area contributed by atoms with Gasteiger partial charge in [-0.3, -0.25) is 0 Å². The quantitative estimate of drug-likeness (QED) is 0.389. The highest BCUT2D eigenvalue weighted by Gasteiger charge is 2.35. The fraction of sp³-hybridized carbons (Fsp3) is 0.111. The predicted octanol–water partition coefficient (Wildman–Crippen LogP) is 5.80. The first-order valence-electron chi connectivity index (χ1n) is 10.3. The molecular weight excluding hydrogens is 367 g/mol. The first-order valence-corrected chi connectivity index (χ1v) is 10.3. The molecule has 0 bridgehead atoms. The van der Waals surface area contributed by atoms with Crippen LogP contribution in [0.5, 0.6) is 0 Å². The van der Waals surface area contributed by atoms with E-state index in [2.05, 4.69) is 68.4 Å². The number of benzene rings is 4. The Balaban J connectivity index is 1.59. The Morgan fingerprint density at radius 3 is 2.30 bits per heavy atom. The van der Waals surface area contributed by atoms with Crippen molar-refractivity contribution in [2.24, 2.45) is 0 Å². The van der Waals surface area contributed by atoms with Gasteiger partial charge in [-0.1, -0.05) is 80.0 Å². The van der Waals surface area contributed by atoms with Gasteiger partial charge in [0.15, 0.2) is 0 Å². The fourth-order valence-electron chi connectivity index (χ4n) is 5.02. The Morgan fingerprint density at radius 2 is 1.47 bits per heavy atom. The first-order chi connectivity index (χ1) is 14.6. The molecule has 3 heteroatoms. The van der Waals surface area contributed by atoms with E-state index in [-0.39, 0.29) is 5.41 Å². The summed E-state index contributed by atoms with van der Waals surface area (Å²) in [5.41, 5.74) is 10.0. The zero-order valence-electron chi connectivity index (χ0n) is 16.9. The highest BCUT2D eigenvalue weighted by atomic mass is 16.3.